The summed E-state index contributed by atoms with van der Waals surface area (Å²) >= 11 is 1.88. The summed E-state index contributed by atoms with van der Waals surface area (Å²) in [6, 6.07) is 8.83. The van der Waals surface area contributed by atoms with Crippen molar-refractivity contribution in [1.29, 1.82) is 0 Å². The van der Waals surface area contributed by atoms with Gasteiger partial charge >= 0.3 is 0 Å². The molecule has 0 bridgehead atoms. The molecule has 0 spiro atoms. The van der Waals surface area contributed by atoms with Gasteiger partial charge in [-0.05, 0) is 24.5 Å². The zero-order valence-electron chi connectivity index (χ0n) is 8.58. The molecule has 1 aliphatic rings. The number of benzene rings is 1. The van der Waals surface area contributed by atoms with Crippen LogP contribution in [0.2, 0.25) is 0 Å². The molecule has 0 fully saturated rings. The summed E-state index contributed by atoms with van der Waals surface area (Å²) in [5, 5.41) is 3.81. The minimum atomic E-state index is 0.510. The Bertz CT molecular complexity index is 340. The Balaban J connectivity index is 2.17. The monoisotopic (exact) mass is 205 g/mol. The second-order valence-electron chi connectivity index (χ2n) is 3.49. The first-order valence-electron chi connectivity index (χ1n) is 5.02. The standard InChI is InChI=1S/C12H15NS/c1-3-10-4-6-11(7-5-10)12-8-13-9(2)14-12/h4-9,13H,3H2,1-2H3. The molecule has 0 saturated heterocycles. The van der Waals surface area contributed by atoms with E-state index >= 15 is 0 Å². The highest BCUT2D eigenvalue weighted by atomic mass is 32.2. The molecule has 1 aromatic rings. The van der Waals surface area contributed by atoms with Crippen LogP contribution in [0.4, 0.5) is 0 Å². The molecule has 1 N–H and O–H groups in total. The van der Waals surface area contributed by atoms with Gasteiger partial charge in [-0.2, -0.15) is 0 Å². The van der Waals surface area contributed by atoms with Crippen LogP contribution in [-0.2, 0) is 6.42 Å². The smallest absolute Gasteiger partial charge is 0.0736 e. The number of hydrogen-bond acceptors (Lipinski definition) is 2. The Labute approximate surface area is 89.6 Å². The average Bonchev–Trinajstić information content (AvgIpc) is 2.65. The SMILES string of the molecule is CCc1ccc(C2=CNC(C)S2)cc1. The van der Waals surface area contributed by atoms with Gasteiger partial charge in [0, 0.05) is 11.1 Å². The molecule has 1 heterocycles. The second kappa shape index (κ2) is 4.09. The first-order valence-corrected chi connectivity index (χ1v) is 5.89. The first kappa shape index (κ1) is 9.66. The van der Waals surface area contributed by atoms with Crippen LogP contribution < -0.4 is 5.32 Å². The topological polar surface area (TPSA) is 12.0 Å². The Morgan fingerprint density at radius 2 is 2.00 bits per heavy atom. The van der Waals surface area contributed by atoms with Crippen LogP contribution in [0, 0.1) is 0 Å². The molecule has 2 rings (SSSR count). The molecule has 0 radical (unpaired) electrons. The highest BCUT2D eigenvalue weighted by Crippen LogP contribution is 2.33. The number of rotatable bonds is 2. The fourth-order valence-corrected chi connectivity index (χ4v) is 2.43. The molecule has 1 aromatic carbocycles. The highest BCUT2D eigenvalue weighted by molar-refractivity contribution is 8.09. The van der Waals surface area contributed by atoms with Crippen LogP contribution >= 0.6 is 11.8 Å². The maximum atomic E-state index is 3.30. The lowest BCUT2D eigenvalue weighted by Crippen LogP contribution is -2.09. The molecule has 1 atom stereocenters. The van der Waals surface area contributed by atoms with Gasteiger partial charge in [-0.15, -0.1) is 0 Å². The fraction of sp³-hybridized carbons (Fsp3) is 0.333. The lowest BCUT2D eigenvalue weighted by molar-refractivity contribution is 0.875. The summed E-state index contributed by atoms with van der Waals surface area (Å²) in [6.45, 7) is 4.36. The van der Waals surface area contributed by atoms with Crippen molar-refractivity contribution in [1.82, 2.24) is 5.32 Å². The normalized spacial score (nSPS) is 20.4. The van der Waals surface area contributed by atoms with Crippen molar-refractivity contribution in [3.63, 3.8) is 0 Å². The van der Waals surface area contributed by atoms with Gasteiger partial charge in [-0.25, -0.2) is 0 Å². The molecule has 0 aliphatic carbocycles. The van der Waals surface area contributed by atoms with Crippen molar-refractivity contribution in [2.75, 3.05) is 0 Å². The molecule has 1 nitrogen and oxygen atoms in total. The Kier molecular flexibility index (Phi) is 2.82. The number of nitrogens with one attached hydrogen (secondary N) is 1. The molecule has 0 aromatic heterocycles. The largest absolute Gasteiger partial charge is 0.378 e. The predicted octanol–water partition coefficient (Wildman–Crippen LogP) is 3.23. The van der Waals surface area contributed by atoms with Crippen molar-refractivity contribution < 1.29 is 0 Å². The maximum absolute atomic E-state index is 3.30. The van der Waals surface area contributed by atoms with Gasteiger partial charge < -0.3 is 5.32 Å². The minimum Gasteiger partial charge on any atom is -0.378 e. The number of aryl methyl sites for hydroxylation is 1. The highest BCUT2D eigenvalue weighted by Gasteiger charge is 2.13. The van der Waals surface area contributed by atoms with Gasteiger partial charge in [0.05, 0.1) is 5.37 Å². The summed E-state index contributed by atoms with van der Waals surface area (Å²) in [4.78, 5) is 1.35. The first-order chi connectivity index (χ1) is 6.79. The quantitative estimate of drug-likeness (QED) is 0.795. The molecule has 1 unspecified atom stereocenters. The third-order valence-corrected chi connectivity index (χ3v) is 3.50. The number of thioether (sulfide) groups is 1. The van der Waals surface area contributed by atoms with E-state index in [1.807, 2.05) is 11.8 Å². The van der Waals surface area contributed by atoms with Gasteiger partial charge in [0.25, 0.3) is 0 Å². The number of hydrogen-bond donors (Lipinski definition) is 1. The van der Waals surface area contributed by atoms with E-state index in [1.165, 1.54) is 16.0 Å². The minimum absolute atomic E-state index is 0.510. The third kappa shape index (κ3) is 1.95. The van der Waals surface area contributed by atoms with E-state index in [2.05, 4.69) is 49.6 Å². The molecule has 74 valence electrons. The zero-order valence-corrected chi connectivity index (χ0v) is 9.40. The van der Waals surface area contributed by atoms with Crippen molar-refractivity contribution in [3.05, 3.63) is 41.6 Å². The van der Waals surface area contributed by atoms with Crippen molar-refractivity contribution in [3.8, 4) is 0 Å². The van der Waals surface area contributed by atoms with E-state index in [0.717, 1.165) is 6.42 Å². The lowest BCUT2D eigenvalue weighted by atomic mass is 10.1. The van der Waals surface area contributed by atoms with Crippen LogP contribution in [0.5, 0.6) is 0 Å². The molecular formula is C12H15NS. The van der Waals surface area contributed by atoms with Crippen molar-refractivity contribution in [2.24, 2.45) is 0 Å². The molecule has 1 aliphatic heterocycles. The van der Waals surface area contributed by atoms with E-state index in [0.29, 0.717) is 5.37 Å². The Hall–Kier alpha value is -0.890. The van der Waals surface area contributed by atoms with Gasteiger partial charge in [-0.1, -0.05) is 43.0 Å². The van der Waals surface area contributed by atoms with Gasteiger partial charge in [0.2, 0.25) is 0 Å². The van der Waals surface area contributed by atoms with E-state index in [9.17, 15) is 0 Å². The molecule has 2 heteroatoms. The maximum Gasteiger partial charge on any atom is 0.0736 e. The van der Waals surface area contributed by atoms with Gasteiger partial charge in [0.15, 0.2) is 0 Å². The van der Waals surface area contributed by atoms with E-state index in [-0.39, 0.29) is 0 Å². The van der Waals surface area contributed by atoms with Crippen molar-refractivity contribution >= 4 is 16.7 Å². The average molecular weight is 205 g/mol. The zero-order chi connectivity index (χ0) is 9.97. The molecule has 14 heavy (non-hydrogen) atoms. The summed E-state index contributed by atoms with van der Waals surface area (Å²) in [7, 11) is 0. The predicted molar refractivity (Wildman–Crippen MR) is 64.0 cm³/mol. The van der Waals surface area contributed by atoms with Crippen LogP contribution in [0.3, 0.4) is 0 Å². The summed E-state index contributed by atoms with van der Waals surface area (Å²) in [5.41, 5.74) is 2.72. The van der Waals surface area contributed by atoms with Crippen molar-refractivity contribution in [2.45, 2.75) is 25.6 Å². The molecular weight excluding hydrogens is 190 g/mol. The van der Waals surface area contributed by atoms with E-state index in [1.54, 1.807) is 0 Å². The van der Waals surface area contributed by atoms with Crippen LogP contribution in [-0.4, -0.2) is 5.37 Å². The van der Waals surface area contributed by atoms with Gasteiger partial charge in [-0.3, -0.25) is 0 Å². The second-order valence-corrected chi connectivity index (χ2v) is 4.87. The summed E-state index contributed by atoms with van der Waals surface area (Å²) in [6.07, 6.45) is 3.22. The fourth-order valence-electron chi connectivity index (χ4n) is 1.51. The molecule has 0 amide bonds. The van der Waals surface area contributed by atoms with Crippen LogP contribution in [0.1, 0.15) is 25.0 Å². The van der Waals surface area contributed by atoms with Crippen LogP contribution in [0.15, 0.2) is 30.5 Å². The van der Waals surface area contributed by atoms with E-state index < -0.39 is 0 Å². The summed E-state index contributed by atoms with van der Waals surface area (Å²) in [5.74, 6) is 0. The van der Waals surface area contributed by atoms with Crippen LogP contribution in [0.25, 0.3) is 4.91 Å². The van der Waals surface area contributed by atoms with E-state index in [4.69, 9.17) is 0 Å². The van der Waals surface area contributed by atoms with Gasteiger partial charge in [0.1, 0.15) is 0 Å². The molecule has 0 saturated carbocycles. The Morgan fingerprint density at radius 3 is 2.50 bits per heavy atom. The lowest BCUT2D eigenvalue weighted by Gasteiger charge is -2.04. The Morgan fingerprint density at radius 1 is 1.29 bits per heavy atom. The summed E-state index contributed by atoms with van der Waals surface area (Å²) < 4.78 is 0. The third-order valence-electron chi connectivity index (χ3n) is 2.40.